The fourth-order valence-electron chi connectivity index (χ4n) is 3.84. The highest BCUT2D eigenvalue weighted by atomic mass is 35.5. The molecule has 0 aliphatic heterocycles. The van der Waals surface area contributed by atoms with E-state index >= 15 is 0 Å². The minimum Gasteiger partial charge on any atom is -0.474 e. The van der Waals surface area contributed by atoms with Gasteiger partial charge in [0, 0.05) is 21.6 Å². The van der Waals surface area contributed by atoms with Gasteiger partial charge in [-0.05, 0) is 63.2 Å². The standard InChI is InChI=1S/C27H28Cl2N4O7S/c1-27(2,3)40-26(36)14-33(41(37,38)22-10-18(28)9-19(29)11-22)20-4-5-23-17(8-20)6-7-32(23)24-12-31-25(13-30-24)39-16-21(35)15-34/h4-13,21,34-35H,14-16H2,1-3H3. The molecule has 0 saturated heterocycles. The Balaban J connectivity index is 1.69. The topological polar surface area (TPSA) is 144 Å². The highest BCUT2D eigenvalue weighted by Crippen LogP contribution is 2.31. The normalized spacial score (nSPS) is 12.8. The molecule has 0 aliphatic carbocycles. The Hall–Kier alpha value is -3.42. The summed E-state index contributed by atoms with van der Waals surface area (Å²) in [5, 5.41) is 19.3. The van der Waals surface area contributed by atoms with Crippen molar-refractivity contribution in [2.24, 2.45) is 0 Å². The number of hydrogen-bond donors (Lipinski definition) is 2. The number of sulfonamides is 1. The zero-order valence-electron chi connectivity index (χ0n) is 22.4. The third kappa shape index (κ3) is 7.46. The van der Waals surface area contributed by atoms with E-state index in [1.807, 2.05) is 0 Å². The van der Waals surface area contributed by atoms with Gasteiger partial charge in [-0.15, -0.1) is 0 Å². The number of nitrogens with zero attached hydrogens (tertiary/aromatic N) is 4. The fourth-order valence-corrected chi connectivity index (χ4v) is 5.97. The van der Waals surface area contributed by atoms with E-state index in [0.717, 1.165) is 4.31 Å². The number of carbonyl (C=O) groups is 1. The molecule has 11 nitrogen and oxygen atoms in total. The predicted octanol–water partition coefficient (Wildman–Crippen LogP) is 4.00. The quantitative estimate of drug-likeness (QED) is 0.251. The highest BCUT2D eigenvalue weighted by Gasteiger charge is 2.30. The monoisotopic (exact) mass is 622 g/mol. The van der Waals surface area contributed by atoms with Crippen LogP contribution < -0.4 is 9.04 Å². The summed E-state index contributed by atoms with van der Waals surface area (Å²) in [5.41, 5.74) is 0.0788. The molecule has 0 amide bonds. The summed E-state index contributed by atoms with van der Waals surface area (Å²) in [4.78, 5) is 21.1. The van der Waals surface area contributed by atoms with Gasteiger partial charge in [0.05, 0.1) is 35.1 Å². The predicted molar refractivity (Wildman–Crippen MR) is 154 cm³/mol. The van der Waals surface area contributed by atoms with Gasteiger partial charge in [-0.25, -0.2) is 18.4 Å². The molecule has 218 valence electrons. The molecule has 0 bridgehead atoms. The van der Waals surface area contributed by atoms with Gasteiger partial charge in [0.2, 0.25) is 5.88 Å². The fraction of sp³-hybridized carbons (Fsp3) is 0.296. The number of carbonyl (C=O) groups excluding carboxylic acids is 1. The second-order valence-electron chi connectivity index (χ2n) is 9.99. The zero-order valence-corrected chi connectivity index (χ0v) is 24.7. The van der Waals surface area contributed by atoms with Crippen LogP contribution >= 0.6 is 23.2 Å². The Morgan fingerprint density at radius 2 is 1.78 bits per heavy atom. The second-order valence-corrected chi connectivity index (χ2v) is 12.7. The van der Waals surface area contributed by atoms with Gasteiger partial charge in [0.25, 0.3) is 10.0 Å². The Kier molecular flexibility index (Phi) is 9.10. The van der Waals surface area contributed by atoms with Gasteiger partial charge in [-0.1, -0.05) is 23.2 Å². The molecule has 2 N–H and O–H groups in total. The SMILES string of the molecule is CC(C)(C)OC(=O)CN(c1ccc2c(ccn2-c2cnc(OCC(O)CO)cn2)c1)S(=O)(=O)c1cc(Cl)cc(Cl)c1. The summed E-state index contributed by atoms with van der Waals surface area (Å²) >= 11 is 12.2. The summed E-state index contributed by atoms with van der Waals surface area (Å²) in [6.07, 6.45) is 3.55. The number of esters is 1. The van der Waals surface area contributed by atoms with Gasteiger partial charge in [-0.2, -0.15) is 0 Å². The molecule has 0 aliphatic rings. The number of hydrogen-bond acceptors (Lipinski definition) is 9. The van der Waals surface area contributed by atoms with E-state index in [-0.39, 0.29) is 33.1 Å². The van der Waals surface area contributed by atoms with Crippen LogP contribution in [0.2, 0.25) is 10.0 Å². The van der Waals surface area contributed by atoms with Crippen molar-refractivity contribution < 1.29 is 32.9 Å². The lowest BCUT2D eigenvalue weighted by Gasteiger charge is -2.26. The van der Waals surface area contributed by atoms with Crippen LogP contribution in [0.5, 0.6) is 5.88 Å². The van der Waals surface area contributed by atoms with Gasteiger partial charge in [0.1, 0.15) is 24.9 Å². The number of halogens is 2. The van der Waals surface area contributed by atoms with Crippen molar-refractivity contribution in [3.8, 4) is 11.7 Å². The molecule has 4 rings (SSSR count). The summed E-state index contributed by atoms with van der Waals surface area (Å²) in [7, 11) is -4.30. The number of anilines is 1. The average molecular weight is 624 g/mol. The van der Waals surface area contributed by atoms with Gasteiger partial charge >= 0.3 is 5.97 Å². The largest absolute Gasteiger partial charge is 0.474 e. The first-order valence-electron chi connectivity index (χ1n) is 12.3. The molecule has 14 heteroatoms. The molecular weight excluding hydrogens is 595 g/mol. The van der Waals surface area contributed by atoms with E-state index in [9.17, 15) is 18.3 Å². The minimum absolute atomic E-state index is 0.128. The van der Waals surface area contributed by atoms with Crippen molar-refractivity contribution >= 4 is 55.8 Å². The molecule has 1 atom stereocenters. The number of rotatable bonds is 10. The number of aliphatic hydroxyl groups excluding tert-OH is 2. The Morgan fingerprint density at radius 1 is 1.07 bits per heavy atom. The smallest absolute Gasteiger partial charge is 0.327 e. The maximum atomic E-state index is 13.8. The van der Waals surface area contributed by atoms with Crippen LogP contribution in [0.3, 0.4) is 0 Å². The van der Waals surface area contributed by atoms with E-state index in [1.165, 1.54) is 30.6 Å². The minimum atomic E-state index is -4.30. The van der Waals surface area contributed by atoms with E-state index < -0.39 is 40.8 Å². The van der Waals surface area contributed by atoms with E-state index in [1.54, 1.807) is 55.8 Å². The van der Waals surface area contributed by atoms with Crippen LogP contribution in [-0.2, 0) is 19.6 Å². The molecule has 2 heterocycles. The lowest BCUT2D eigenvalue weighted by Crippen LogP contribution is -2.39. The highest BCUT2D eigenvalue weighted by molar-refractivity contribution is 7.92. The van der Waals surface area contributed by atoms with Crippen molar-refractivity contribution in [3.63, 3.8) is 0 Å². The van der Waals surface area contributed by atoms with Crippen molar-refractivity contribution in [2.45, 2.75) is 37.4 Å². The van der Waals surface area contributed by atoms with Crippen molar-refractivity contribution in [1.29, 1.82) is 0 Å². The van der Waals surface area contributed by atoms with Crippen LogP contribution in [0.1, 0.15) is 20.8 Å². The van der Waals surface area contributed by atoms with E-state index in [4.69, 9.17) is 37.8 Å². The first-order chi connectivity index (χ1) is 19.3. The summed E-state index contributed by atoms with van der Waals surface area (Å²) < 4.78 is 41.0. The van der Waals surface area contributed by atoms with Gasteiger partial charge in [0.15, 0.2) is 5.82 Å². The third-order valence-electron chi connectivity index (χ3n) is 5.57. The first kappa shape index (κ1) is 30.5. The molecule has 2 aromatic carbocycles. The van der Waals surface area contributed by atoms with Crippen LogP contribution in [-0.4, -0.2) is 70.6 Å². The molecular formula is C27H28Cl2N4O7S. The molecule has 0 fully saturated rings. The Bertz CT molecular complexity index is 1630. The molecule has 0 saturated carbocycles. The second kappa shape index (κ2) is 12.2. The molecule has 2 aromatic heterocycles. The maximum Gasteiger partial charge on any atom is 0.327 e. The number of ether oxygens (including phenoxy) is 2. The van der Waals surface area contributed by atoms with Crippen LogP contribution in [0.25, 0.3) is 16.7 Å². The van der Waals surface area contributed by atoms with Gasteiger partial charge < -0.3 is 19.7 Å². The molecule has 1 unspecified atom stereocenters. The maximum absolute atomic E-state index is 13.8. The van der Waals surface area contributed by atoms with Crippen LogP contribution in [0.15, 0.2) is 66.0 Å². The first-order valence-corrected chi connectivity index (χ1v) is 14.5. The van der Waals surface area contributed by atoms with Crippen molar-refractivity contribution in [3.05, 3.63) is 71.1 Å². The molecule has 4 aromatic rings. The lowest BCUT2D eigenvalue weighted by molar-refractivity contribution is -0.152. The summed E-state index contributed by atoms with van der Waals surface area (Å²) in [5.74, 6) is -0.116. The Morgan fingerprint density at radius 3 is 2.39 bits per heavy atom. The van der Waals surface area contributed by atoms with Crippen LogP contribution in [0, 0.1) is 0 Å². The van der Waals surface area contributed by atoms with Crippen molar-refractivity contribution in [2.75, 3.05) is 24.1 Å². The number of aromatic nitrogens is 3. The molecule has 0 spiro atoms. The number of benzene rings is 2. The number of fused-ring (bicyclic) bond motifs is 1. The van der Waals surface area contributed by atoms with Crippen LogP contribution in [0.4, 0.5) is 5.69 Å². The average Bonchev–Trinajstić information content (AvgIpc) is 3.32. The lowest BCUT2D eigenvalue weighted by atomic mass is 10.2. The summed E-state index contributed by atoms with van der Waals surface area (Å²) in [6, 6.07) is 10.6. The molecule has 41 heavy (non-hydrogen) atoms. The summed E-state index contributed by atoms with van der Waals surface area (Å²) in [6.45, 7) is 3.91. The van der Waals surface area contributed by atoms with Crippen molar-refractivity contribution in [1.82, 2.24) is 14.5 Å². The Labute approximate surface area is 246 Å². The molecule has 0 radical (unpaired) electrons. The third-order valence-corrected chi connectivity index (χ3v) is 7.76. The van der Waals surface area contributed by atoms with Gasteiger partial charge in [-0.3, -0.25) is 13.7 Å². The van der Waals surface area contributed by atoms with E-state index in [0.29, 0.717) is 16.7 Å². The zero-order chi connectivity index (χ0) is 29.9. The van der Waals surface area contributed by atoms with E-state index in [2.05, 4.69) is 9.97 Å². The number of aliphatic hydroxyl groups is 2.